The van der Waals surface area contributed by atoms with Gasteiger partial charge in [-0.1, -0.05) is 52.8 Å². The minimum Gasteiger partial charge on any atom is -0.432 e. The van der Waals surface area contributed by atoms with Crippen molar-refractivity contribution in [3.63, 3.8) is 0 Å². The zero-order valence-corrected chi connectivity index (χ0v) is 55.4. The summed E-state index contributed by atoms with van der Waals surface area (Å²) in [7, 11) is 0. The maximum atomic E-state index is 15.5. The molecule has 0 bridgehead atoms. The maximum absolute atomic E-state index is 15.5. The van der Waals surface area contributed by atoms with Crippen molar-refractivity contribution in [2.45, 2.75) is 303 Å². The summed E-state index contributed by atoms with van der Waals surface area (Å²) in [4.78, 5) is 15.5. The van der Waals surface area contributed by atoms with Crippen molar-refractivity contribution in [1.82, 2.24) is 0 Å². The molecule has 31 heteroatoms. The molecule has 0 spiro atoms. The molecule has 38 atom stereocenters. The van der Waals surface area contributed by atoms with E-state index in [9.17, 15) is 91.9 Å². The Morgan fingerprint density at radius 2 is 0.990 bits per heavy atom. The van der Waals surface area contributed by atoms with Gasteiger partial charge in [-0.05, 0) is 118 Å². The number of hydrogen-bond donors (Lipinski definition) is 18. The van der Waals surface area contributed by atoms with Crippen molar-refractivity contribution >= 4 is 5.97 Å². The van der Waals surface area contributed by atoms with Crippen molar-refractivity contribution in [2.75, 3.05) is 26.4 Å². The molecule has 0 aromatic rings. The highest BCUT2D eigenvalue weighted by molar-refractivity contribution is 5.80. The van der Waals surface area contributed by atoms with Gasteiger partial charge in [0, 0.05) is 5.92 Å². The van der Waals surface area contributed by atoms with Crippen LogP contribution in [0.15, 0.2) is 23.8 Å². The lowest BCUT2D eigenvalue weighted by Gasteiger charge is -2.71. The Kier molecular flexibility index (Phi) is 21.7. The van der Waals surface area contributed by atoms with Crippen LogP contribution < -0.4 is 0 Å². The van der Waals surface area contributed by atoms with E-state index in [0.717, 1.165) is 5.57 Å². The highest BCUT2D eigenvalue weighted by Gasteiger charge is 2.72. The number of aliphatic hydroxyl groups is 18. The van der Waals surface area contributed by atoms with Crippen LogP contribution in [0.1, 0.15) is 113 Å². The molecule has 11 aliphatic rings. The van der Waals surface area contributed by atoms with Crippen LogP contribution in [0.2, 0.25) is 0 Å². The molecular formula is C65H104O31. The topological polar surface area (TPSA) is 492 Å². The van der Waals surface area contributed by atoms with Gasteiger partial charge in [-0.3, -0.25) is 4.79 Å². The van der Waals surface area contributed by atoms with Gasteiger partial charge in [-0.15, -0.1) is 0 Å². The van der Waals surface area contributed by atoms with E-state index in [1.54, 1.807) is 6.92 Å². The molecular weight excluding hydrogens is 1280 g/mol. The van der Waals surface area contributed by atoms with Gasteiger partial charge < -0.3 is 149 Å². The number of carbonyl (C=O) groups excluding carboxylic acids is 1. The highest BCUT2D eigenvalue weighted by atomic mass is 16.8. The molecule has 0 amide bonds. The molecule has 31 nitrogen and oxygen atoms in total. The summed E-state index contributed by atoms with van der Waals surface area (Å²) in [6.07, 6.45) is -44.1. The molecule has 96 heavy (non-hydrogen) atoms. The molecule has 18 N–H and O–H groups in total. The van der Waals surface area contributed by atoms with Crippen LogP contribution in [-0.2, 0) is 61.6 Å². The highest BCUT2D eigenvalue weighted by Crippen LogP contribution is 2.76. The summed E-state index contributed by atoms with van der Waals surface area (Å²) >= 11 is 0. The number of rotatable bonds is 15. The second-order valence-corrected chi connectivity index (χ2v) is 30.7. The predicted octanol–water partition coefficient (Wildman–Crippen LogP) is -4.80. The third-order valence-electron chi connectivity index (χ3n) is 25.2. The Morgan fingerprint density at radius 1 is 0.510 bits per heavy atom. The minimum absolute atomic E-state index is 0.000558. The predicted molar refractivity (Wildman–Crippen MR) is 321 cm³/mol. The van der Waals surface area contributed by atoms with E-state index in [0.29, 0.717) is 44.1 Å². The van der Waals surface area contributed by atoms with Gasteiger partial charge in [0.15, 0.2) is 37.6 Å². The van der Waals surface area contributed by atoms with Crippen molar-refractivity contribution in [1.29, 1.82) is 0 Å². The van der Waals surface area contributed by atoms with Gasteiger partial charge in [0.25, 0.3) is 0 Å². The number of aliphatic hydroxyl groups excluding tert-OH is 17. The van der Waals surface area contributed by atoms with Gasteiger partial charge in [0.1, 0.15) is 122 Å². The first-order chi connectivity index (χ1) is 45.0. The summed E-state index contributed by atoms with van der Waals surface area (Å²) < 4.78 is 73.7. The molecule has 0 unspecified atom stereocenters. The van der Waals surface area contributed by atoms with Crippen molar-refractivity contribution < 1.29 is 154 Å². The van der Waals surface area contributed by atoms with Crippen LogP contribution in [-0.4, -0.2) is 314 Å². The number of carbonyl (C=O) groups is 1. The molecule has 10 fully saturated rings. The van der Waals surface area contributed by atoms with Gasteiger partial charge in [0.2, 0.25) is 6.29 Å². The summed E-state index contributed by atoms with van der Waals surface area (Å²) in [6, 6.07) is 0. The molecule has 0 radical (unpaired) electrons. The Labute approximate surface area is 555 Å². The fraction of sp³-hybridized carbons (Fsp3) is 0.923. The Bertz CT molecular complexity index is 2760. The SMILES string of the molecule is C=C1CC[C@]2(C(=O)O[C@@H]3O[C@H](CO)[C@@H](O)[C@H](O)[C@H]3O[C@@H]3O[C@@H](C)[C@H](O)[C@@H](O)[C@H]3O)CC[C@]3(C)C(=CC[C@@H]4[C@@]5(C)CC[C@H](O[C@@H]6OC[C@H](O)[C@H](O[C@@H]7O[C@H](CO)[C@@H](O)[C@H](O)[C@H]7O[C@@H]7O[C@H](CO)[C@@H](O)[C@H](O)[C@H]7O)[C@H]6O[C@@H]6O[C@@H](C)[C@H](O)[C@@H](O)[C@H]6O)C(C)(C)[C@@H]5CC[C@]43C)[C@@H]2[C@]1(C)O. The summed E-state index contributed by atoms with van der Waals surface area (Å²) in [5, 5.41) is 198. The number of esters is 1. The van der Waals surface area contributed by atoms with Gasteiger partial charge in [-0.2, -0.15) is 0 Å². The van der Waals surface area contributed by atoms with Crippen LogP contribution in [0.25, 0.3) is 0 Å². The van der Waals surface area contributed by atoms with E-state index >= 15 is 4.79 Å². The van der Waals surface area contributed by atoms with E-state index in [1.807, 2.05) is 0 Å². The van der Waals surface area contributed by atoms with Crippen molar-refractivity contribution in [2.24, 2.45) is 44.8 Å². The number of hydrogen-bond acceptors (Lipinski definition) is 31. The first-order valence-electron chi connectivity index (χ1n) is 33.8. The fourth-order valence-corrected chi connectivity index (χ4v) is 19.0. The zero-order chi connectivity index (χ0) is 70.2. The summed E-state index contributed by atoms with van der Waals surface area (Å²) in [5.41, 5.74) is -3.96. The average Bonchev–Trinajstić information content (AvgIpc) is 0.660. The molecule has 4 saturated carbocycles. The van der Waals surface area contributed by atoms with Crippen LogP contribution in [0, 0.1) is 44.8 Å². The van der Waals surface area contributed by atoms with Crippen LogP contribution >= 0.6 is 0 Å². The molecule has 6 saturated heterocycles. The lowest BCUT2D eigenvalue weighted by molar-refractivity contribution is -0.401. The van der Waals surface area contributed by atoms with E-state index in [1.165, 1.54) is 13.8 Å². The van der Waals surface area contributed by atoms with Gasteiger partial charge in [-0.25, -0.2) is 0 Å². The maximum Gasteiger partial charge on any atom is 0.315 e. The number of ether oxygens (including phenoxy) is 12. The molecule has 0 aromatic carbocycles. The Morgan fingerprint density at radius 3 is 1.54 bits per heavy atom. The third kappa shape index (κ3) is 12.3. The molecule has 6 heterocycles. The van der Waals surface area contributed by atoms with Gasteiger partial charge in [0.05, 0.1) is 55.8 Å². The number of fused-ring (bicyclic) bond motifs is 7. The molecule has 6 aliphatic heterocycles. The second-order valence-electron chi connectivity index (χ2n) is 30.7. The second kappa shape index (κ2) is 27.8. The van der Waals surface area contributed by atoms with E-state index in [-0.39, 0.29) is 31.1 Å². The largest absolute Gasteiger partial charge is 0.432 e. The number of allylic oxidation sites excluding steroid dienone is 1. The van der Waals surface area contributed by atoms with E-state index in [4.69, 9.17) is 56.8 Å². The fourth-order valence-electron chi connectivity index (χ4n) is 19.0. The summed E-state index contributed by atoms with van der Waals surface area (Å²) in [5.74, 6) is -1.77. The monoisotopic (exact) mass is 1380 g/mol. The first-order valence-corrected chi connectivity index (χ1v) is 33.8. The van der Waals surface area contributed by atoms with Crippen LogP contribution in [0.3, 0.4) is 0 Å². The molecule has 550 valence electrons. The standard InChI is InChI=1S/C65H104O31/c1-24-12-17-65(59(83)96-58-50(44(79)39(74)31(22-68)90-58)93-53-45(80)40(75)35(70)25(2)86-53)19-18-62(7)27(52(65)64(24,9)84)10-11-33-61(6)15-14-34(60(4,5)32(61)13-16-63(33,62)8)91-56-51(95-54-46(81)41(76)36(71)26(3)87-54)48(28(69)23-85-56)92-57-49(43(78)38(73)30(21-67)89-57)94-55-47(82)42(77)37(72)29(20-66)88-55/h10,25-26,28-58,66-82,84H,1,11-23H2,2-9H3/t25-,26-,28-,29+,30+,31+,32-,33+,34-,35-,36-,37+,38+,39+,40+,41+,42-,43-,44-,45+,46+,47+,48-,49+,50+,51+,52+,53-,54-,55-,56-,57-,58-,61-,62+,63+,64+,65-/m0/s1. The van der Waals surface area contributed by atoms with Crippen molar-refractivity contribution in [3.05, 3.63) is 23.8 Å². The Balaban J connectivity index is 0.865. The average molecular weight is 1380 g/mol. The lowest BCUT2D eigenvalue weighted by Crippen LogP contribution is -2.68. The molecule has 5 aliphatic carbocycles. The first kappa shape index (κ1) is 75.0. The van der Waals surface area contributed by atoms with Crippen LogP contribution in [0.5, 0.6) is 0 Å². The smallest absolute Gasteiger partial charge is 0.315 e. The zero-order valence-electron chi connectivity index (χ0n) is 55.4. The minimum atomic E-state index is -2.01. The Hall–Kier alpha value is -2.21. The molecule has 0 aromatic heterocycles. The van der Waals surface area contributed by atoms with E-state index in [2.05, 4.69) is 47.3 Å². The lowest BCUT2D eigenvalue weighted by atomic mass is 9.33. The van der Waals surface area contributed by atoms with Crippen molar-refractivity contribution in [3.8, 4) is 0 Å². The summed E-state index contributed by atoms with van der Waals surface area (Å²) in [6.45, 7) is 16.8. The quantitative estimate of drug-likeness (QED) is 0.0416. The van der Waals surface area contributed by atoms with Gasteiger partial charge >= 0.3 is 5.97 Å². The normalized spacial score (nSPS) is 55.2. The molecule has 11 rings (SSSR count). The third-order valence-corrected chi connectivity index (χ3v) is 25.2. The van der Waals surface area contributed by atoms with E-state index < -0.39 is 255 Å². The van der Waals surface area contributed by atoms with Crippen LogP contribution in [0.4, 0.5) is 0 Å².